The average molecular weight is 244 g/mol. The van der Waals surface area contributed by atoms with Crippen molar-refractivity contribution in [3.8, 4) is 0 Å². The van der Waals surface area contributed by atoms with Crippen molar-refractivity contribution in [2.75, 3.05) is 27.4 Å². The Morgan fingerprint density at radius 2 is 1.31 bits per heavy atom. The van der Waals surface area contributed by atoms with E-state index in [1.54, 1.807) is 14.2 Å². The molecule has 0 rings (SSSR count). The molecule has 0 aliphatic rings. The van der Waals surface area contributed by atoms with Crippen LogP contribution in [0.4, 0.5) is 0 Å². The van der Waals surface area contributed by atoms with Gasteiger partial charge in [-0.3, -0.25) is 0 Å². The Bertz CT molecular complexity index is 100. The van der Waals surface area contributed by atoms with E-state index in [0.29, 0.717) is 13.2 Å². The summed E-state index contributed by atoms with van der Waals surface area (Å²) in [6.07, 6.45) is 0.305. The van der Waals surface area contributed by atoms with Gasteiger partial charge in [0.25, 0.3) is 0 Å². The van der Waals surface area contributed by atoms with Crippen LogP contribution in [0, 0.1) is 0 Å². The van der Waals surface area contributed by atoms with Gasteiger partial charge in [0.2, 0.25) is 0 Å². The third-order valence-corrected chi connectivity index (χ3v) is 4.47. The molecule has 0 radical (unpaired) electrons. The normalized spacial score (nSPS) is 15.1. The second-order valence-corrected chi connectivity index (χ2v) is 4.88. The Labute approximate surface area is 88.3 Å². The van der Waals surface area contributed by atoms with Crippen molar-refractivity contribution in [3.63, 3.8) is 0 Å². The minimum absolute atomic E-state index is 0.153. The zero-order chi connectivity index (χ0) is 10.1. The molecule has 0 bridgehead atoms. The van der Waals surface area contributed by atoms with Gasteiger partial charge in [0.05, 0.1) is 0 Å². The standard InChI is InChI=1S/2C4H9O2.Zn/c2*1-4(5)3-6-2;/h2*4H,3H2,1-2H3;/q2*-1;+2. The van der Waals surface area contributed by atoms with Crippen molar-refractivity contribution in [1.29, 1.82) is 0 Å². The van der Waals surface area contributed by atoms with Crippen LogP contribution in [0.3, 0.4) is 0 Å². The van der Waals surface area contributed by atoms with E-state index in [1.807, 2.05) is 13.8 Å². The molecule has 5 heteroatoms. The summed E-state index contributed by atoms with van der Waals surface area (Å²) in [6, 6.07) is 0. The number of methoxy groups -OCH3 is 2. The summed E-state index contributed by atoms with van der Waals surface area (Å²) in [6.45, 7) is 5.23. The van der Waals surface area contributed by atoms with E-state index in [0.717, 1.165) is 0 Å². The summed E-state index contributed by atoms with van der Waals surface area (Å²) in [7, 11) is 3.34. The molecule has 13 heavy (non-hydrogen) atoms. The topological polar surface area (TPSA) is 36.9 Å². The fourth-order valence-electron chi connectivity index (χ4n) is 0.837. The molecule has 0 heterocycles. The monoisotopic (exact) mass is 242 g/mol. The number of hydrogen-bond donors (Lipinski definition) is 0. The average Bonchev–Trinajstić information content (AvgIpc) is 2.05. The van der Waals surface area contributed by atoms with Gasteiger partial charge in [-0.2, -0.15) is 0 Å². The van der Waals surface area contributed by atoms with Gasteiger partial charge in [-0.15, -0.1) is 0 Å². The first kappa shape index (κ1) is 13.5. The van der Waals surface area contributed by atoms with E-state index in [9.17, 15) is 0 Å². The summed E-state index contributed by atoms with van der Waals surface area (Å²) in [5, 5.41) is 0. The van der Waals surface area contributed by atoms with Crippen LogP contribution in [-0.2, 0) is 34.4 Å². The molecule has 76 valence electrons. The first-order valence-corrected chi connectivity index (χ1v) is 6.84. The molecule has 0 aromatic carbocycles. The van der Waals surface area contributed by atoms with Crippen molar-refractivity contribution in [2.24, 2.45) is 0 Å². The third kappa shape index (κ3) is 8.78. The van der Waals surface area contributed by atoms with Crippen molar-refractivity contribution in [1.82, 2.24) is 0 Å². The molecular weight excluding hydrogens is 225 g/mol. The zero-order valence-electron chi connectivity index (χ0n) is 8.91. The molecule has 0 aromatic rings. The number of hydrogen-bond acceptors (Lipinski definition) is 4. The molecule has 0 aliphatic carbocycles. The molecule has 4 nitrogen and oxygen atoms in total. The molecule has 0 amide bonds. The summed E-state index contributed by atoms with van der Waals surface area (Å²) < 4.78 is 20.8. The molecule has 0 spiro atoms. The van der Waals surface area contributed by atoms with Crippen LogP contribution >= 0.6 is 0 Å². The van der Waals surface area contributed by atoms with Gasteiger partial charge < -0.3 is 0 Å². The van der Waals surface area contributed by atoms with Crippen LogP contribution in [0.1, 0.15) is 13.8 Å². The predicted octanol–water partition coefficient (Wildman–Crippen LogP) is 1.00. The predicted molar refractivity (Wildman–Crippen MR) is 44.8 cm³/mol. The van der Waals surface area contributed by atoms with Crippen LogP contribution in [0.25, 0.3) is 0 Å². The van der Waals surface area contributed by atoms with E-state index < -0.39 is 17.8 Å². The summed E-state index contributed by atoms with van der Waals surface area (Å²) >= 11 is -1.29. The van der Waals surface area contributed by atoms with Crippen LogP contribution in [0.2, 0.25) is 0 Å². The second-order valence-electron chi connectivity index (χ2n) is 2.98. The van der Waals surface area contributed by atoms with E-state index >= 15 is 0 Å². The van der Waals surface area contributed by atoms with Crippen LogP contribution in [0.15, 0.2) is 0 Å². The van der Waals surface area contributed by atoms with Crippen molar-refractivity contribution in [3.05, 3.63) is 0 Å². The summed E-state index contributed by atoms with van der Waals surface area (Å²) in [5.74, 6) is 0. The summed E-state index contributed by atoms with van der Waals surface area (Å²) in [5.41, 5.74) is 0. The van der Waals surface area contributed by atoms with Gasteiger partial charge in [-0.1, -0.05) is 0 Å². The van der Waals surface area contributed by atoms with Gasteiger partial charge in [0, 0.05) is 0 Å². The van der Waals surface area contributed by atoms with Crippen molar-refractivity contribution >= 4 is 0 Å². The minimum atomic E-state index is -1.29. The first-order chi connectivity index (χ1) is 6.20. The molecule has 0 N–H and O–H groups in total. The maximum atomic E-state index is 5.48. The Hall–Kier alpha value is 0.463. The Morgan fingerprint density at radius 1 is 0.923 bits per heavy atom. The van der Waals surface area contributed by atoms with Gasteiger partial charge in [-0.05, 0) is 0 Å². The molecule has 0 saturated carbocycles. The quantitative estimate of drug-likeness (QED) is 0.596. The second kappa shape index (κ2) is 9.04. The zero-order valence-corrected chi connectivity index (χ0v) is 11.9. The van der Waals surface area contributed by atoms with E-state index in [4.69, 9.17) is 16.6 Å². The summed E-state index contributed by atoms with van der Waals surface area (Å²) in [4.78, 5) is 0. The number of ether oxygens (including phenoxy) is 2. The molecular formula is C8H18O4Zn. The van der Waals surface area contributed by atoms with Crippen molar-refractivity contribution in [2.45, 2.75) is 26.1 Å². The molecule has 0 saturated heterocycles. The van der Waals surface area contributed by atoms with Gasteiger partial charge in [0.1, 0.15) is 0 Å². The fourth-order valence-corrected chi connectivity index (χ4v) is 2.38. The fraction of sp³-hybridized carbons (Fsp3) is 1.00. The molecule has 2 unspecified atom stereocenters. The van der Waals surface area contributed by atoms with Gasteiger partial charge in [-0.25, -0.2) is 0 Å². The maximum absolute atomic E-state index is 5.48. The van der Waals surface area contributed by atoms with Gasteiger partial charge >= 0.3 is 87.9 Å². The Morgan fingerprint density at radius 3 is 1.62 bits per heavy atom. The van der Waals surface area contributed by atoms with E-state index in [-0.39, 0.29) is 12.2 Å². The van der Waals surface area contributed by atoms with E-state index in [2.05, 4.69) is 0 Å². The third-order valence-electron chi connectivity index (χ3n) is 1.51. The first-order valence-electron chi connectivity index (χ1n) is 4.41. The van der Waals surface area contributed by atoms with E-state index in [1.165, 1.54) is 0 Å². The van der Waals surface area contributed by atoms with Gasteiger partial charge in [0.15, 0.2) is 0 Å². The molecule has 0 fully saturated rings. The van der Waals surface area contributed by atoms with Crippen LogP contribution in [-0.4, -0.2) is 39.6 Å². The van der Waals surface area contributed by atoms with Crippen molar-refractivity contribution < 1.29 is 34.4 Å². The van der Waals surface area contributed by atoms with Crippen LogP contribution < -0.4 is 0 Å². The molecule has 2 atom stereocenters. The SMILES string of the molecule is COCC(C)[O][Zn][O]C(C)COC. The Balaban J connectivity index is 3.23. The number of rotatable bonds is 8. The Kier molecular flexibility index (Phi) is 9.36. The molecule has 0 aliphatic heterocycles. The molecule has 0 aromatic heterocycles. The van der Waals surface area contributed by atoms with Crippen LogP contribution in [0.5, 0.6) is 0 Å².